The number of fused-ring (bicyclic) bond motifs is 1. The number of hydrogen-bond donors (Lipinski definition) is 0. The van der Waals surface area contributed by atoms with Gasteiger partial charge in [-0.1, -0.05) is 51.1 Å². The molecule has 0 saturated carbocycles. The van der Waals surface area contributed by atoms with Crippen LogP contribution in [0.25, 0.3) is 6.08 Å². The minimum absolute atomic E-state index is 0.270. The minimum Gasteiger partial charge on any atom is -0.413 e. The summed E-state index contributed by atoms with van der Waals surface area (Å²) in [6, 6.07) is 6.71. The molecule has 0 N–H and O–H groups in total. The third-order valence-corrected chi connectivity index (χ3v) is 9.51. The van der Waals surface area contributed by atoms with Crippen molar-refractivity contribution in [1.82, 2.24) is 0 Å². The van der Waals surface area contributed by atoms with Gasteiger partial charge in [-0.2, -0.15) is 0 Å². The second-order valence-electron chi connectivity index (χ2n) is 7.69. The Morgan fingerprint density at radius 3 is 2.62 bits per heavy atom. The highest BCUT2D eigenvalue weighted by molar-refractivity contribution is 6.74. The van der Waals surface area contributed by atoms with Crippen LogP contribution in [0.1, 0.15) is 56.7 Å². The lowest BCUT2D eigenvalue weighted by Gasteiger charge is -2.36. The van der Waals surface area contributed by atoms with Gasteiger partial charge < -0.3 is 4.43 Å². The van der Waals surface area contributed by atoms with Crippen molar-refractivity contribution in [2.24, 2.45) is 0 Å². The molecule has 0 atom stereocenters. The van der Waals surface area contributed by atoms with E-state index in [1.165, 1.54) is 42.4 Å². The summed E-state index contributed by atoms with van der Waals surface area (Å²) in [5.74, 6) is 0. The number of rotatable bonds is 3. The zero-order valence-corrected chi connectivity index (χ0v) is 15.3. The summed E-state index contributed by atoms with van der Waals surface area (Å²) in [5.41, 5.74) is 4.26. The molecule has 0 radical (unpaired) electrons. The van der Waals surface area contributed by atoms with Gasteiger partial charge in [-0.3, -0.25) is 0 Å². The molecular formula is C19H30OSi. The predicted octanol–water partition coefficient (Wildman–Crippen LogP) is 5.95. The van der Waals surface area contributed by atoms with Crippen molar-refractivity contribution in [1.29, 1.82) is 0 Å². The zero-order valence-electron chi connectivity index (χ0n) is 14.3. The van der Waals surface area contributed by atoms with E-state index in [1.54, 1.807) is 0 Å². The molecule has 116 valence electrons. The molecule has 0 aromatic heterocycles. The molecule has 2 rings (SSSR count). The average Bonchev–Trinajstić information content (AvgIpc) is 2.36. The summed E-state index contributed by atoms with van der Waals surface area (Å²) in [5, 5.41) is 0.270. The van der Waals surface area contributed by atoms with Crippen LogP contribution >= 0.6 is 0 Å². The normalized spacial score (nSPS) is 16.2. The second kappa shape index (κ2) is 6.49. The summed E-state index contributed by atoms with van der Waals surface area (Å²) < 4.78 is 6.42. The molecule has 0 fully saturated rings. The van der Waals surface area contributed by atoms with E-state index in [9.17, 15) is 0 Å². The molecule has 0 spiro atoms. The van der Waals surface area contributed by atoms with Gasteiger partial charge in [0.05, 0.1) is 6.61 Å². The Balaban J connectivity index is 2.20. The largest absolute Gasteiger partial charge is 0.413 e. The molecule has 1 aliphatic rings. The average molecular weight is 303 g/mol. The number of benzene rings is 1. The van der Waals surface area contributed by atoms with Crippen LogP contribution in [-0.4, -0.2) is 8.32 Å². The summed E-state index contributed by atoms with van der Waals surface area (Å²) in [4.78, 5) is 0. The van der Waals surface area contributed by atoms with Gasteiger partial charge in [-0.05, 0) is 60.5 Å². The summed E-state index contributed by atoms with van der Waals surface area (Å²) >= 11 is 0. The molecule has 1 aromatic rings. The molecule has 1 nitrogen and oxygen atoms in total. The van der Waals surface area contributed by atoms with Gasteiger partial charge in [-0.25, -0.2) is 0 Å². The van der Waals surface area contributed by atoms with E-state index in [-0.39, 0.29) is 5.04 Å². The molecular weight excluding hydrogens is 272 g/mol. The van der Waals surface area contributed by atoms with E-state index in [4.69, 9.17) is 4.43 Å². The highest BCUT2D eigenvalue weighted by Crippen LogP contribution is 2.37. The summed E-state index contributed by atoms with van der Waals surface area (Å²) in [6.07, 6.45) is 9.65. The first-order valence-corrected chi connectivity index (χ1v) is 11.1. The maximum Gasteiger partial charge on any atom is 0.192 e. The van der Waals surface area contributed by atoms with Gasteiger partial charge in [0, 0.05) is 0 Å². The fraction of sp³-hybridized carbons (Fsp3) is 0.579. The van der Waals surface area contributed by atoms with Crippen LogP contribution in [0.2, 0.25) is 18.1 Å². The van der Waals surface area contributed by atoms with Gasteiger partial charge in [0.25, 0.3) is 0 Å². The quantitative estimate of drug-likeness (QED) is 0.627. The molecule has 0 amide bonds. The molecule has 2 heteroatoms. The van der Waals surface area contributed by atoms with Gasteiger partial charge in [0.15, 0.2) is 8.32 Å². The van der Waals surface area contributed by atoms with Crippen LogP contribution in [0.4, 0.5) is 0 Å². The van der Waals surface area contributed by atoms with Gasteiger partial charge in [-0.15, -0.1) is 0 Å². The first kappa shape index (κ1) is 16.5. The molecule has 0 aliphatic heterocycles. The molecule has 0 saturated heterocycles. The van der Waals surface area contributed by atoms with Crippen LogP contribution in [-0.2, 0) is 17.5 Å². The first-order valence-electron chi connectivity index (χ1n) is 8.22. The number of allylic oxidation sites excluding steroid dienone is 1. The summed E-state index contributed by atoms with van der Waals surface area (Å²) in [6.45, 7) is 12.3. The van der Waals surface area contributed by atoms with Crippen molar-refractivity contribution in [2.45, 2.75) is 71.2 Å². The Hall–Kier alpha value is -0.863. The van der Waals surface area contributed by atoms with Crippen molar-refractivity contribution in [3.63, 3.8) is 0 Å². The van der Waals surface area contributed by atoms with Gasteiger partial charge in [0.1, 0.15) is 0 Å². The van der Waals surface area contributed by atoms with Crippen molar-refractivity contribution in [2.75, 3.05) is 0 Å². The Morgan fingerprint density at radius 2 is 1.90 bits per heavy atom. The standard InChI is InChI=1S/C19H30OSi/c1-19(2,3)21(4,5)20-15-17-13-10-12-16-11-8-6-7-9-14-18(16)17/h9-10,12-14H,6-8,11,15H2,1-5H3. The zero-order chi connectivity index (χ0) is 15.5. The molecule has 21 heavy (non-hydrogen) atoms. The molecule has 0 bridgehead atoms. The van der Waals surface area contributed by atoms with Gasteiger partial charge in [0.2, 0.25) is 0 Å². The molecule has 1 aromatic carbocycles. The van der Waals surface area contributed by atoms with Gasteiger partial charge >= 0.3 is 0 Å². The van der Waals surface area contributed by atoms with Crippen molar-refractivity contribution < 1.29 is 4.43 Å². The van der Waals surface area contributed by atoms with Crippen LogP contribution in [0.3, 0.4) is 0 Å². The second-order valence-corrected chi connectivity index (χ2v) is 12.5. The molecule has 1 aliphatic carbocycles. The van der Waals surface area contributed by atoms with Crippen LogP contribution in [0.5, 0.6) is 0 Å². The van der Waals surface area contributed by atoms with E-state index in [1.807, 2.05) is 0 Å². The Kier molecular flexibility index (Phi) is 5.10. The molecule has 0 heterocycles. The monoisotopic (exact) mass is 302 g/mol. The van der Waals surface area contributed by atoms with E-state index >= 15 is 0 Å². The Morgan fingerprint density at radius 1 is 1.14 bits per heavy atom. The van der Waals surface area contributed by atoms with Crippen LogP contribution in [0, 0.1) is 0 Å². The summed E-state index contributed by atoms with van der Waals surface area (Å²) in [7, 11) is -1.68. The van der Waals surface area contributed by atoms with Crippen molar-refractivity contribution in [3.8, 4) is 0 Å². The first-order chi connectivity index (χ1) is 9.81. The lowest BCUT2D eigenvalue weighted by Crippen LogP contribution is -2.40. The van der Waals surface area contributed by atoms with Crippen molar-refractivity contribution in [3.05, 3.63) is 41.0 Å². The minimum atomic E-state index is -1.68. The fourth-order valence-electron chi connectivity index (χ4n) is 2.48. The predicted molar refractivity (Wildman–Crippen MR) is 95.0 cm³/mol. The lowest BCUT2D eigenvalue weighted by molar-refractivity contribution is 0.276. The maximum atomic E-state index is 6.42. The fourth-order valence-corrected chi connectivity index (χ4v) is 3.43. The topological polar surface area (TPSA) is 9.23 Å². The highest BCUT2D eigenvalue weighted by atomic mass is 28.4. The van der Waals surface area contributed by atoms with E-state index in [0.717, 1.165) is 6.61 Å². The maximum absolute atomic E-state index is 6.42. The van der Waals surface area contributed by atoms with E-state index in [2.05, 4.69) is 64.2 Å². The van der Waals surface area contributed by atoms with Crippen LogP contribution in [0.15, 0.2) is 24.3 Å². The smallest absolute Gasteiger partial charge is 0.192 e. The number of aryl methyl sites for hydroxylation is 1. The third-order valence-electron chi connectivity index (χ3n) is 5.03. The number of hydrogen-bond acceptors (Lipinski definition) is 1. The van der Waals surface area contributed by atoms with E-state index in [0.29, 0.717) is 0 Å². The lowest BCUT2D eigenvalue weighted by atomic mass is 9.94. The molecule has 0 unspecified atom stereocenters. The van der Waals surface area contributed by atoms with Crippen molar-refractivity contribution >= 4 is 14.4 Å². The van der Waals surface area contributed by atoms with Crippen LogP contribution < -0.4 is 0 Å². The highest BCUT2D eigenvalue weighted by Gasteiger charge is 2.37. The third kappa shape index (κ3) is 4.07. The Labute approximate surface area is 131 Å². The Bertz CT molecular complexity index is 509. The SMILES string of the molecule is CC(C)(C)[Si](C)(C)OCc1cccc2c1C=CCCCC2. The van der Waals surface area contributed by atoms with E-state index < -0.39 is 8.32 Å².